The summed E-state index contributed by atoms with van der Waals surface area (Å²) in [7, 11) is 2.77. The number of benzene rings is 2. The standard InChI is InChI=1S/C21H20O2P.C5H5.Fe/c1-3-17-18(15-10-6-4-7-11-15)19(16-12-8-5-9-13-16)21(24)20(17)23-14(2)22;1-2-4-5-3-1;/h4-13H,3,24H2,1-2H3;1-5H;/q2*-1;+2. The van der Waals surface area contributed by atoms with Crippen molar-refractivity contribution in [3.63, 3.8) is 0 Å². The maximum Gasteiger partial charge on any atom is 2.00 e. The van der Waals surface area contributed by atoms with Gasteiger partial charge in [-0.2, -0.15) is 27.4 Å². The number of carbonyl (C=O) groups is 1. The van der Waals surface area contributed by atoms with Crippen LogP contribution in [0, 0.1) is 0 Å². The van der Waals surface area contributed by atoms with Crippen LogP contribution in [0.25, 0.3) is 22.3 Å². The monoisotopic (exact) mass is 456 g/mol. The van der Waals surface area contributed by atoms with Gasteiger partial charge in [-0.1, -0.05) is 96.0 Å². The van der Waals surface area contributed by atoms with Gasteiger partial charge in [-0.05, 0) is 0 Å². The molecule has 0 bridgehead atoms. The average molecular weight is 456 g/mol. The van der Waals surface area contributed by atoms with Gasteiger partial charge in [0, 0.05) is 6.92 Å². The molecule has 30 heavy (non-hydrogen) atoms. The van der Waals surface area contributed by atoms with E-state index in [0.29, 0.717) is 5.75 Å². The minimum Gasteiger partial charge on any atom is -0.447 e. The number of esters is 1. The van der Waals surface area contributed by atoms with E-state index < -0.39 is 0 Å². The summed E-state index contributed by atoms with van der Waals surface area (Å²) in [5, 5.41) is 0.937. The van der Waals surface area contributed by atoms with Crippen LogP contribution in [0.3, 0.4) is 0 Å². The summed E-state index contributed by atoms with van der Waals surface area (Å²) in [6, 6.07) is 30.5. The molecule has 4 aromatic rings. The molecule has 0 saturated heterocycles. The first-order chi connectivity index (χ1) is 14.1. The fourth-order valence-electron chi connectivity index (χ4n) is 3.42. The Morgan fingerprint density at radius 1 is 0.933 bits per heavy atom. The Morgan fingerprint density at radius 2 is 1.47 bits per heavy atom. The summed E-state index contributed by atoms with van der Waals surface area (Å²) in [6.45, 7) is 3.54. The molecule has 0 aliphatic rings. The summed E-state index contributed by atoms with van der Waals surface area (Å²) in [6.07, 6.45) is 0.793. The molecule has 0 N–H and O–H groups in total. The molecule has 0 aromatic heterocycles. The molecule has 0 fully saturated rings. The molecular formula is C26H25FeO2P. The number of rotatable bonds is 4. The van der Waals surface area contributed by atoms with Crippen molar-refractivity contribution in [2.75, 3.05) is 0 Å². The van der Waals surface area contributed by atoms with E-state index in [0.717, 1.165) is 39.5 Å². The van der Waals surface area contributed by atoms with Crippen LogP contribution in [-0.2, 0) is 28.3 Å². The van der Waals surface area contributed by atoms with Crippen LogP contribution >= 0.6 is 9.24 Å². The van der Waals surface area contributed by atoms with Gasteiger partial charge >= 0.3 is 23.0 Å². The smallest absolute Gasteiger partial charge is 0.447 e. The Labute approximate surface area is 191 Å². The van der Waals surface area contributed by atoms with Gasteiger partial charge < -0.3 is 4.74 Å². The number of carbonyl (C=O) groups excluding carboxylic acids is 1. The van der Waals surface area contributed by atoms with Gasteiger partial charge in [-0.3, -0.25) is 4.79 Å². The quantitative estimate of drug-likeness (QED) is 0.160. The Kier molecular flexibility index (Phi) is 9.27. The van der Waals surface area contributed by atoms with Crippen LogP contribution < -0.4 is 10.0 Å². The predicted molar refractivity (Wildman–Crippen MR) is 125 cm³/mol. The van der Waals surface area contributed by atoms with E-state index in [1.54, 1.807) is 0 Å². The second-order valence-corrected chi connectivity index (χ2v) is 7.19. The van der Waals surface area contributed by atoms with E-state index >= 15 is 0 Å². The molecule has 0 aliphatic heterocycles. The van der Waals surface area contributed by atoms with Gasteiger partial charge in [-0.15, -0.1) is 11.1 Å². The molecule has 1 atom stereocenters. The van der Waals surface area contributed by atoms with Crippen molar-refractivity contribution in [2.24, 2.45) is 0 Å². The first-order valence-corrected chi connectivity index (χ1v) is 10.3. The Morgan fingerprint density at radius 3 is 1.90 bits per heavy atom. The maximum absolute atomic E-state index is 11.6. The first kappa shape index (κ1) is 23.8. The number of hydrogen-bond acceptors (Lipinski definition) is 2. The summed E-state index contributed by atoms with van der Waals surface area (Å²) in [4.78, 5) is 11.6. The van der Waals surface area contributed by atoms with Crippen molar-refractivity contribution in [2.45, 2.75) is 20.3 Å². The molecule has 0 spiro atoms. The van der Waals surface area contributed by atoms with Crippen molar-refractivity contribution < 1.29 is 26.6 Å². The van der Waals surface area contributed by atoms with Crippen molar-refractivity contribution in [3.05, 3.63) is 96.6 Å². The third-order valence-corrected chi connectivity index (χ3v) is 5.17. The van der Waals surface area contributed by atoms with Crippen molar-refractivity contribution >= 4 is 20.5 Å². The zero-order chi connectivity index (χ0) is 20.6. The molecule has 0 amide bonds. The molecule has 2 nitrogen and oxygen atoms in total. The third kappa shape index (κ3) is 5.58. The van der Waals surface area contributed by atoms with Crippen LogP contribution in [-0.4, -0.2) is 5.97 Å². The van der Waals surface area contributed by atoms with Gasteiger partial charge in [-0.25, -0.2) is 12.1 Å². The molecule has 1 unspecified atom stereocenters. The summed E-state index contributed by atoms with van der Waals surface area (Å²) in [5.74, 6) is 0.380. The summed E-state index contributed by atoms with van der Waals surface area (Å²) >= 11 is 0. The number of hydrogen-bond donors (Lipinski definition) is 0. The molecule has 0 saturated carbocycles. The molecule has 4 aromatic carbocycles. The Hall–Kier alpha value is -2.44. The maximum atomic E-state index is 11.6. The topological polar surface area (TPSA) is 26.3 Å². The SMILES string of the molecule is CC[c-]1c(OC(C)=O)c(P)c(-c2ccccc2)c1-c1ccccc1.[Fe+2].c1cc[cH-]c1. The van der Waals surface area contributed by atoms with Crippen LogP contribution in [0.4, 0.5) is 0 Å². The second kappa shape index (κ2) is 11.7. The predicted octanol–water partition coefficient (Wildman–Crippen LogP) is 6.13. The van der Waals surface area contributed by atoms with Crippen molar-refractivity contribution in [1.29, 1.82) is 0 Å². The minimum absolute atomic E-state index is 0. The zero-order valence-corrected chi connectivity index (χ0v) is 19.4. The van der Waals surface area contributed by atoms with Gasteiger partial charge in [0.2, 0.25) is 0 Å². The summed E-state index contributed by atoms with van der Waals surface area (Å²) in [5.41, 5.74) is 5.58. The largest absolute Gasteiger partial charge is 2.00 e. The van der Waals surface area contributed by atoms with Gasteiger partial charge in [0.25, 0.3) is 0 Å². The first-order valence-electron chi connectivity index (χ1n) is 9.70. The van der Waals surface area contributed by atoms with E-state index in [1.807, 2.05) is 66.7 Å². The van der Waals surface area contributed by atoms with E-state index in [9.17, 15) is 4.79 Å². The van der Waals surface area contributed by atoms with E-state index in [1.165, 1.54) is 6.92 Å². The third-order valence-electron chi connectivity index (χ3n) is 4.62. The molecule has 154 valence electrons. The van der Waals surface area contributed by atoms with E-state index in [4.69, 9.17) is 4.74 Å². The summed E-state index contributed by atoms with van der Waals surface area (Å²) < 4.78 is 5.57. The Bertz CT molecular complexity index is 1020. The minimum atomic E-state index is -0.294. The Balaban J connectivity index is 0.000000468. The molecule has 0 aliphatic carbocycles. The van der Waals surface area contributed by atoms with Crippen molar-refractivity contribution in [3.8, 4) is 28.0 Å². The fraction of sp³-hybridized carbons (Fsp3) is 0.115. The molecule has 0 heterocycles. The van der Waals surface area contributed by atoms with Gasteiger partial charge in [0.1, 0.15) is 0 Å². The molecular weight excluding hydrogens is 431 g/mol. The van der Waals surface area contributed by atoms with E-state index in [2.05, 4.69) is 40.4 Å². The molecule has 4 heteroatoms. The van der Waals surface area contributed by atoms with E-state index in [-0.39, 0.29) is 23.0 Å². The average Bonchev–Trinajstić information content (AvgIpc) is 3.40. The second-order valence-electron chi connectivity index (χ2n) is 6.61. The normalized spacial score (nSPS) is 9.83. The number of ether oxygens (including phenoxy) is 1. The van der Waals surface area contributed by atoms with Gasteiger partial charge in [0.05, 0.1) is 5.75 Å². The van der Waals surface area contributed by atoms with Crippen molar-refractivity contribution in [1.82, 2.24) is 0 Å². The van der Waals surface area contributed by atoms with Crippen LogP contribution in [0.2, 0.25) is 0 Å². The van der Waals surface area contributed by atoms with Crippen LogP contribution in [0.5, 0.6) is 5.75 Å². The van der Waals surface area contributed by atoms with Crippen LogP contribution in [0.1, 0.15) is 19.4 Å². The van der Waals surface area contributed by atoms with Crippen LogP contribution in [0.15, 0.2) is 91.0 Å². The van der Waals surface area contributed by atoms with Gasteiger partial charge in [0.15, 0.2) is 0 Å². The molecule has 4 rings (SSSR count). The molecule has 0 radical (unpaired) electrons. The zero-order valence-electron chi connectivity index (χ0n) is 17.1. The fourth-order valence-corrected chi connectivity index (χ4v) is 3.97.